The number of ether oxygens (including phenoxy) is 1. The minimum Gasteiger partial charge on any atom is -0.381 e. The van der Waals surface area contributed by atoms with Gasteiger partial charge in [-0.1, -0.05) is 20.8 Å². The van der Waals surface area contributed by atoms with Gasteiger partial charge in [0.1, 0.15) is 0 Å². The van der Waals surface area contributed by atoms with E-state index in [1.54, 1.807) is 0 Å². The minimum atomic E-state index is -0.00397. The number of amides is 1. The molecule has 1 aliphatic heterocycles. The van der Waals surface area contributed by atoms with Crippen molar-refractivity contribution in [1.29, 1.82) is 0 Å². The van der Waals surface area contributed by atoms with E-state index in [2.05, 4.69) is 20.8 Å². The Morgan fingerprint density at radius 2 is 2.00 bits per heavy atom. The molecule has 0 aliphatic carbocycles. The first-order valence-corrected chi connectivity index (χ1v) is 7.07. The Morgan fingerprint density at radius 3 is 2.50 bits per heavy atom. The Labute approximate surface area is 111 Å². The number of nitrogens with two attached hydrogens (primary N) is 1. The second-order valence-electron chi connectivity index (χ2n) is 6.01. The molecular formula is C14H28N2O2. The molecule has 0 radical (unpaired) electrons. The highest BCUT2D eigenvalue weighted by molar-refractivity contribution is 5.79. The molecule has 1 heterocycles. The summed E-state index contributed by atoms with van der Waals surface area (Å²) >= 11 is 0. The average Bonchev–Trinajstić information content (AvgIpc) is 2.38. The van der Waals surface area contributed by atoms with Gasteiger partial charge in [0.2, 0.25) is 5.91 Å². The molecule has 4 heteroatoms. The van der Waals surface area contributed by atoms with Crippen molar-refractivity contribution in [2.24, 2.45) is 17.1 Å². The first kappa shape index (κ1) is 15.4. The summed E-state index contributed by atoms with van der Waals surface area (Å²) < 4.78 is 5.32. The molecule has 1 fully saturated rings. The zero-order valence-electron chi connectivity index (χ0n) is 12.1. The van der Waals surface area contributed by atoms with Crippen LogP contribution in [0, 0.1) is 11.3 Å². The molecule has 1 amide bonds. The third kappa shape index (κ3) is 4.58. The minimum absolute atomic E-state index is 0.00397. The molecular weight excluding hydrogens is 228 g/mol. The van der Waals surface area contributed by atoms with Gasteiger partial charge in [0, 0.05) is 32.2 Å². The van der Waals surface area contributed by atoms with E-state index < -0.39 is 0 Å². The van der Waals surface area contributed by atoms with Crippen LogP contribution >= 0.6 is 0 Å². The molecule has 18 heavy (non-hydrogen) atoms. The number of nitrogens with zero attached hydrogens (tertiary/aromatic N) is 1. The van der Waals surface area contributed by atoms with Gasteiger partial charge in [-0.3, -0.25) is 4.79 Å². The smallest absolute Gasteiger partial charge is 0.225 e. The molecule has 1 saturated heterocycles. The van der Waals surface area contributed by atoms with E-state index in [4.69, 9.17) is 10.5 Å². The molecule has 0 spiro atoms. The fraction of sp³-hybridized carbons (Fsp3) is 0.929. The summed E-state index contributed by atoms with van der Waals surface area (Å²) in [6.45, 7) is 9.98. The number of hydrogen-bond donors (Lipinski definition) is 1. The van der Waals surface area contributed by atoms with E-state index >= 15 is 0 Å². The molecule has 4 nitrogen and oxygen atoms in total. The zero-order chi connectivity index (χ0) is 13.6. The Bertz CT molecular complexity index is 261. The fourth-order valence-corrected chi connectivity index (χ4v) is 2.32. The molecule has 0 aromatic carbocycles. The number of rotatable bonds is 6. The van der Waals surface area contributed by atoms with Gasteiger partial charge in [-0.2, -0.15) is 0 Å². The van der Waals surface area contributed by atoms with Gasteiger partial charge in [-0.25, -0.2) is 0 Å². The largest absolute Gasteiger partial charge is 0.381 e. The van der Waals surface area contributed by atoms with E-state index in [1.807, 2.05) is 4.90 Å². The molecule has 0 atom stereocenters. The van der Waals surface area contributed by atoms with Crippen molar-refractivity contribution in [2.75, 3.05) is 32.8 Å². The highest BCUT2D eigenvalue weighted by atomic mass is 16.5. The highest BCUT2D eigenvalue weighted by Gasteiger charge is 2.29. The molecule has 1 rings (SSSR count). The SMILES string of the molecule is CCCN(CC(C)(C)CN)C(=O)C1CCOCC1. The van der Waals surface area contributed by atoms with E-state index in [-0.39, 0.29) is 11.3 Å². The standard InChI is InChI=1S/C14H28N2O2/c1-4-7-16(11-14(2,3)10-15)13(17)12-5-8-18-9-6-12/h12H,4-11,15H2,1-3H3. The summed E-state index contributed by atoms with van der Waals surface area (Å²) in [6.07, 6.45) is 2.72. The van der Waals surface area contributed by atoms with Crippen LogP contribution < -0.4 is 5.73 Å². The summed E-state index contributed by atoms with van der Waals surface area (Å²) in [7, 11) is 0. The van der Waals surface area contributed by atoms with Gasteiger partial charge in [-0.15, -0.1) is 0 Å². The van der Waals surface area contributed by atoms with Gasteiger partial charge in [0.05, 0.1) is 0 Å². The van der Waals surface area contributed by atoms with Crippen LogP contribution in [0.15, 0.2) is 0 Å². The van der Waals surface area contributed by atoms with Crippen molar-refractivity contribution in [3.05, 3.63) is 0 Å². The van der Waals surface area contributed by atoms with Crippen LogP contribution in [0.4, 0.5) is 0 Å². The second-order valence-corrected chi connectivity index (χ2v) is 6.01. The van der Waals surface area contributed by atoms with Crippen molar-refractivity contribution < 1.29 is 9.53 Å². The average molecular weight is 256 g/mol. The van der Waals surface area contributed by atoms with Crippen LogP contribution in [0.3, 0.4) is 0 Å². The lowest BCUT2D eigenvalue weighted by Gasteiger charge is -2.35. The van der Waals surface area contributed by atoms with Crippen molar-refractivity contribution >= 4 is 5.91 Å². The summed E-state index contributed by atoms with van der Waals surface area (Å²) in [5, 5.41) is 0. The topological polar surface area (TPSA) is 55.6 Å². The van der Waals surface area contributed by atoms with E-state index in [0.717, 1.165) is 45.6 Å². The Balaban J connectivity index is 2.61. The molecule has 0 unspecified atom stereocenters. The first-order chi connectivity index (χ1) is 8.50. The van der Waals surface area contributed by atoms with Crippen LogP contribution in [0.5, 0.6) is 0 Å². The number of carbonyl (C=O) groups excluding carboxylic acids is 1. The Kier molecular flexibility index (Phi) is 6.09. The van der Waals surface area contributed by atoms with Crippen molar-refractivity contribution in [3.63, 3.8) is 0 Å². The molecule has 0 aromatic heterocycles. The lowest BCUT2D eigenvalue weighted by Crippen LogP contribution is -2.45. The van der Waals surface area contributed by atoms with Gasteiger partial charge in [0.15, 0.2) is 0 Å². The number of hydrogen-bond acceptors (Lipinski definition) is 3. The zero-order valence-corrected chi connectivity index (χ0v) is 12.1. The Morgan fingerprint density at radius 1 is 1.39 bits per heavy atom. The van der Waals surface area contributed by atoms with Crippen LogP contribution in [0.2, 0.25) is 0 Å². The lowest BCUT2D eigenvalue weighted by atomic mass is 9.91. The maximum Gasteiger partial charge on any atom is 0.225 e. The molecule has 0 saturated carbocycles. The Hall–Kier alpha value is -0.610. The lowest BCUT2D eigenvalue weighted by molar-refractivity contribution is -0.140. The van der Waals surface area contributed by atoms with Gasteiger partial charge in [0.25, 0.3) is 0 Å². The summed E-state index contributed by atoms with van der Waals surface area (Å²) in [5.74, 6) is 0.445. The van der Waals surface area contributed by atoms with Crippen molar-refractivity contribution in [2.45, 2.75) is 40.0 Å². The highest BCUT2D eigenvalue weighted by Crippen LogP contribution is 2.21. The number of carbonyl (C=O) groups is 1. The summed E-state index contributed by atoms with van der Waals surface area (Å²) in [5.41, 5.74) is 5.77. The van der Waals surface area contributed by atoms with Gasteiger partial charge < -0.3 is 15.4 Å². The van der Waals surface area contributed by atoms with E-state index in [9.17, 15) is 4.79 Å². The quantitative estimate of drug-likeness (QED) is 0.786. The maximum absolute atomic E-state index is 12.5. The maximum atomic E-state index is 12.5. The van der Waals surface area contributed by atoms with E-state index in [0.29, 0.717) is 12.5 Å². The van der Waals surface area contributed by atoms with Gasteiger partial charge >= 0.3 is 0 Å². The molecule has 1 aliphatic rings. The summed E-state index contributed by atoms with van der Waals surface area (Å²) in [6, 6.07) is 0. The fourth-order valence-electron chi connectivity index (χ4n) is 2.32. The van der Waals surface area contributed by atoms with Crippen molar-refractivity contribution in [3.8, 4) is 0 Å². The first-order valence-electron chi connectivity index (χ1n) is 7.07. The van der Waals surface area contributed by atoms with Crippen LogP contribution in [0.1, 0.15) is 40.0 Å². The third-order valence-electron chi connectivity index (χ3n) is 3.55. The van der Waals surface area contributed by atoms with Crippen LogP contribution in [0.25, 0.3) is 0 Å². The van der Waals surface area contributed by atoms with Gasteiger partial charge in [-0.05, 0) is 31.2 Å². The molecule has 0 aromatic rings. The monoisotopic (exact) mass is 256 g/mol. The van der Waals surface area contributed by atoms with Crippen LogP contribution in [-0.2, 0) is 9.53 Å². The summed E-state index contributed by atoms with van der Waals surface area (Å²) in [4.78, 5) is 14.5. The predicted octanol–water partition coefficient (Wildman–Crippen LogP) is 1.64. The molecule has 0 bridgehead atoms. The van der Waals surface area contributed by atoms with Crippen molar-refractivity contribution in [1.82, 2.24) is 4.90 Å². The third-order valence-corrected chi connectivity index (χ3v) is 3.55. The molecule has 106 valence electrons. The van der Waals surface area contributed by atoms with E-state index in [1.165, 1.54) is 0 Å². The molecule has 2 N–H and O–H groups in total. The predicted molar refractivity (Wildman–Crippen MR) is 73.2 cm³/mol. The second kappa shape index (κ2) is 7.10. The van der Waals surface area contributed by atoms with Crippen LogP contribution in [-0.4, -0.2) is 43.7 Å². The normalized spacial score (nSPS) is 17.8.